The Hall–Kier alpha value is -1.17. The Balaban J connectivity index is 0.00000154. The maximum absolute atomic E-state index is 11.7. The third kappa shape index (κ3) is 6.52. The first kappa shape index (κ1) is 17.8. The molecule has 0 spiro atoms. The van der Waals surface area contributed by atoms with E-state index >= 15 is 0 Å². The van der Waals surface area contributed by atoms with Crippen LogP contribution in [0.15, 0.2) is 18.2 Å². The molecule has 0 amide bonds. The van der Waals surface area contributed by atoms with E-state index in [0.717, 1.165) is 6.26 Å². The van der Waals surface area contributed by atoms with E-state index in [0.29, 0.717) is 18.0 Å². The molecule has 19 heavy (non-hydrogen) atoms. The highest BCUT2D eigenvalue weighted by Crippen LogP contribution is 2.26. The first-order chi connectivity index (χ1) is 8.83. The molecule has 3 N–H and O–H groups in total. The van der Waals surface area contributed by atoms with Gasteiger partial charge in [-0.2, -0.15) is 0 Å². The maximum Gasteiger partial charge on any atom is 0.551 e. The van der Waals surface area contributed by atoms with Crippen LogP contribution in [-0.4, -0.2) is 21.3 Å². The van der Waals surface area contributed by atoms with Crippen LogP contribution in [0, 0.1) is 0 Å². The van der Waals surface area contributed by atoms with Crippen LogP contribution in [0.3, 0.4) is 0 Å². The van der Waals surface area contributed by atoms with Crippen LogP contribution in [0.1, 0.15) is 20.8 Å². The molecule has 0 aliphatic rings. The molecule has 1 aromatic carbocycles. The highest BCUT2D eigenvalue weighted by Gasteiger charge is 2.25. The smallest absolute Gasteiger partial charge is 0.395 e. The lowest BCUT2D eigenvalue weighted by molar-refractivity contribution is 0.357. The maximum atomic E-state index is 11.7. The summed E-state index contributed by atoms with van der Waals surface area (Å²) in [5.41, 5.74) is 6.25. The van der Waals surface area contributed by atoms with Crippen molar-refractivity contribution in [3.05, 3.63) is 18.2 Å². The molecule has 1 unspecified atom stereocenters. The van der Waals surface area contributed by atoms with Gasteiger partial charge >= 0.3 is 8.03 Å². The first-order valence-electron chi connectivity index (χ1n) is 5.81. The summed E-state index contributed by atoms with van der Waals surface area (Å²) in [6, 6.07) is 4.38. The fourth-order valence-electron chi connectivity index (χ4n) is 1.17. The molecule has 0 bridgehead atoms. The van der Waals surface area contributed by atoms with Gasteiger partial charge in [0.05, 0.1) is 17.6 Å². The Labute approximate surface area is 115 Å². The van der Waals surface area contributed by atoms with E-state index in [2.05, 4.69) is 4.72 Å². The Morgan fingerprint density at radius 3 is 2.42 bits per heavy atom. The molecule has 108 valence electrons. The molecular weight excluding hydrogens is 287 g/mol. The van der Waals surface area contributed by atoms with Crippen LogP contribution >= 0.6 is 8.03 Å². The summed E-state index contributed by atoms with van der Waals surface area (Å²) in [6.07, 6.45) is 1.03. The molecule has 0 saturated heterocycles. The quantitative estimate of drug-likeness (QED) is 0.641. The minimum atomic E-state index is -3.37. The zero-order chi connectivity index (χ0) is 15.1. The predicted octanol–water partition coefficient (Wildman–Crippen LogP) is 2.07. The zero-order valence-corrected chi connectivity index (χ0v) is 13.2. The van der Waals surface area contributed by atoms with Crippen LogP contribution in [0.4, 0.5) is 11.4 Å². The fraction of sp³-hybridized carbons (Fsp3) is 0.455. The van der Waals surface area contributed by atoms with Gasteiger partial charge in [-0.05, 0) is 23.6 Å². The van der Waals surface area contributed by atoms with E-state index in [4.69, 9.17) is 10.3 Å². The van der Waals surface area contributed by atoms with Crippen LogP contribution < -0.4 is 15.8 Å². The molecule has 1 rings (SSSR count). The van der Waals surface area contributed by atoms with Crippen molar-refractivity contribution in [2.45, 2.75) is 20.8 Å². The topological polar surface area (TPSA) is 98.5 Å². The Bertz CT molecular complexity index is 531. The van der Waals surface area contributed by atoms with Crippen molar-refractivity contribution in [1.29, 1.82) is 0 Å². The molecule has 8 heteroatoms. The van der Waals surface area contributed by atoms with Crippen molar-refractivity contribution in [2.75, 3.05) is 23.3 Å². The zero-order valence-electron chi connectivity index (χ0n) is 11.5. The number of nitrogens with one attached hydrogen (secondary N) is 1. The second-order valence-electron chi connectivity index (χ2n) is 3.32. The van der Waals surface area contributed by atoms with E-state index in [-0.39, 0.29) is 5.30 Å². The summed E-state index contributed by atoms with van der Waals surface area (Å²) in [4.78, 5) is 0. The van der Waals surface area contributed by atoms with Crippen LogP contribution in [0.2, 0.25) is 0 Å². The normalized spacial score (nSPS) is 11.3. The van der Waals surface area contributed by atoms with Gasteiger partial charge in [0.25, 0.3) is 0 Å². The van der Waals surface area contributed by atoms with Crippen molar-refractivity contribution in [3.63, 3.8) is 0 Å². The first-order valence-corrected chi connectivity index (χ1v) is 8.88. The summed E-state index contributed by atoms with van der Waals surface area (Å²) < 4.78 is 41.0. The lowest BCUT2D eigenvalue weighted by Gasteiger charge is -2.03. The summed E-state index contributed by atoms with van der Waals surface area (Å²) in [7, 11) is -5.44. The van der Waals surface area contributed by atoms with Gasteiger partial charge in [-0.1, -0.05) is 13.8 Å². The van der Waals surface area contributed by atoms with Crippen molar-refractivity contribution in [1.82, 2.24) is 0 Å². The van der Waals surface area contributed by atoms with Crippen molar-refractivity contribution >= 4 is 34.7 Å². The molecule has 0 aliphatic carbocycles. The number of hydrogen-bond acceptors (Lipinski definition) is 5. The van der Waals surface area contributed by atoms with Crippen LogP contribution in [-0.2, 0) is 19.1 Å². The van der Waals surface area contributed by atoms with Crippen molar-refractivity contribution in [3.8, 4) is 0 Å². The Morgan fingerprint density at radius 1 is 1.37 bits per heavy atom. The van der Waals surface area contributed by atoms with Gasteiger partial charge in [0.15, 0.2) is 0 Å². The van der Waals surface area contributed by atoms with Crippen molar-refractivity contribution in [2.24, 2.45) is 0 Å². The molecule has 0 fully saturated rings. The fourth-order valence-corrected chi connectivity index (χ4v) is 2.62. The largest absolute Gasteiger partial charge is 0.551 e. The third-order valence-corrected chi connectivity index (χ3v) is 3.66. The average molecular weight is 307 g/mol. The van der Waals surface area contributed by atoms with E-state index < -0.39 is 18.1 Å². The summed E-state index contributed by atoms with van der Waals surface area (Å²) in [5.74, 6) is 0. The molecule has 0 radical (unpaired) electrons. The predicted molar refractivity (Wildman–Crippen MR) is 79.5 cm³/mol. The van der Waals surface area contributed by atoms with Crippen LogP contribution in [0.5, 0.6) is 0 Å². The molecular formula is C11H20N2O4PS+. The SMILES string of the molecule is CC.CCO[P+](=O)c1cc(NS(C)(=O)=O)ccc1N. The minimum absolute atomic E-state index is 0.288. The molecule has 0 aliphatic heterocycles. The van der Waals surface area contributed by atoms with E-state index in [9.17, 15) is 13.0 Å². The Kier molecular flexibility index (Phi) is 7.59. The van der Waals surface area contributed by atoms with E-state index in [1.165, 1.54) is 18.2 Å². The monoisotopic (exact) mass is 307 g/mol. The summed E-state index contributed by atoms with van der Waals surface area (Å²) in [5, 5.41) is 0.288. The van der Waals surface area contributed by atoms with Gasteiger partial charge in [0.2, 0.25) is 15.3 Å². The number of sulfonamides is 1. The van der Waals surface area contributed by atoms with E-state index in [1.54, 1.807) is 6.92 Å². The number of nitrogen functional groups attached to an aromatic ring is 1. The minimum Gasteiger partial charge on any atom is -0.395 e. The van der Waals surface area contributed by atoms with Gasteiger partial charge in [0.1, 0.15) is 6.61 Å². The Morgan fingerprint density at radius 2 is 1.95 bits per heavy atom. The molecule has 1 atom stereocenters. The van der Waals surface area contributed by atoms with Crippen molar-refractivity contribution < 1.29 is 17.5 Å². The number of rotatable bonds is 5. The standard InChI is InChI=1S/C9H14N2O4PS.C2H6/c1-3-15-16(12)9-6-7(4-5-8(9)10)11-17(2,13)14;1-2/h4-6,11H,3,10H2,1-2H3;1-2H3/q+1;. The molecule has 6 nitrogen and oxygen atoms in total. The number of anilines is 2. The summed E-state index contributed by atoms with van der Waals surface area (Å²) in [6.45, 7) is 6.00. The number of hydrogen-bond donors (Lipinski definition) is 2. The molecule has 0 aromatic heterocycles. The molecule has 0 saturated carbocycles. The van der Waals surface area contributed by atoms with Gasteiger partial charge < -0.3 is 5.73 Å². The second-order valence-corrected chi connectivity index (χ2v) is 6.33. The summed E-state index contributed by atoms with van der Waals surface area (Å²) >= 11 is 0. The van der Waals surface area contributed by atoms with Crippen LogP contribution in [0.25, 0.3) is 0 Å². The third-order valence-electron chi connectivity index (χ3n) is 1.78. The van der Waals surface area contributed by atoms with Gasteiger partial charge in [-0.3, -0.25) is 4.72 Å². The highest BCUT2D eigenvalue weighted by atomic mass is 32.2. The van der Waals surface area contributed by atoms with Gasteiger partial charge in [-0.15, -0.1) is 4.52 Å². The van der Waals surface area contributed by atoms with Gasteiger partial charge in [0, 0.05) is 6.07 Å². The second kappa shape index (κ2) is 8.09. The lowest BCUT2D eigenvalue weighted by atomic mass is 10.3. The molecule has 0 heterocycles. The molecule has 1 aromatic rings. The van der Waals surface area contributed by atoms with Gasteiger partial charge in [-0.25, -0.2) is 8.42 Å². The number of benzene rings is 1. The van der Waals surface area contributed by atoms with E-state index in [1.807, 2.05) is 13.8 Å². The lowest BCUT2D eigenvalue weighted by Crippen LogP contribution is -2.13. The highest BCUT2D eigenvalue weighted by molar-refractivity contribution is 7.92. The average Bonchev–Trinajstić information content (AvgIpc) is 2.33. The number of nitrogens with two attached hydrogens (primary N) is 1.